The molecule has 1 aliphatic carbocycles. The second-order valence-electron chi connectivity index (χ2n) is 33.2. The number of hydrazine groups is 1. The van der Waals surface area contributed by atoms with E-state index >= 15 is 4.79 Å². The Bertz CT molecular complexity index is 5050. The van der Waals surface area contributed by atoms with E-state index in [9.17, 15) is 58.5 Å². The van der Waals surface area contributed by atoms with Crippen LogP contribution in [0.5, 0.6) is 5.75 Å². The molecule has 3 saturated heterocycles. The Balaban J connectivity index is 0.000000427. The molecule has 42 nitrogen and oxygen atoms in total. The Morgan fingerprint density at radius 2 is 1.45 bits per heavy atom. The topological polar surface area (TPSA) is 630 Å². The Labute approximate surface area is 767 Å². The number of hydrogen-bond donors (Lipinski definition) is 13. The average Bonchev–Trinajstić information content (AvgIpc) is 1.47. The van der Waals surface area contributed by atoms with Gasteiger partial charge in [-0.05, 0) is 139 Å². The molecule has 12 rings (SSSR count). The number of hydrogen-bond acceptors (Lipinski definition) is 38. The largest absolute Gasteiger partial charge is 0.496 e. The lowest BCUT2D eigenvalue weighted by atomic mass is 9.47. The third-order valence-electron chi connectivity index (χ3n) is 24.6. The third kappa shape index (κ3) is 26.5. The van der Waals surface area contributed by atoms with Crippen LogP contribution in [0.4, 0.5) is 27.8 Å². The summed E-state index contributed by atoms with van der Waals surface area (Å²) >= 11 is 0. The number of benzene rings is 3. The lowest BCUT2D eigenvalue weighted by Gasteiger charge is -2.63. The quantitative estimate of drug-likeness (QED) is 0.00924. The van der Waals surface area contributed by atoms with E-state index in [2.05, 4.69) is 91.4 Å². The number of aromatic amines is 1. The first-order valence-electron chi connectivity index (χ1n) is 42.6. The van der Waals surface area contributed by atoms with Gasteiger partial charge in [-0.2, -0.15) is 52.9 Å². The first-order valence-corrected chi connectivity index (χ1v) is 45.1. The lowest BCUT2D eigenvalue weighted by Crippen LogP contribution is -2.82. The number of aliphatic hydroxyl groups is 3. The fraction of sp³-hybridized carbons (Fsp3) is 0.545. The fourth-order valence-corrected chi connectivity index (χ4v) is 21.2. The number of amides is 5. The molecule has 4 fully saturated rings. The molecule has 15 N–H and O–H groups in total. The van der Waals surface area contributed by atoms with Crippen LogP contribution in [0.15, 0.2) is 83.8 Å². The number of anilines is 4. The van der Waals surface area contributed by atoms with Gasteiger partial charge in [0.1, 0.15) is 36.6 Å². The number of carbonyl (C=O) groups excluding carboxylic acids is 19. The minimum absolute atomic E-state index is 0.00261. The van der Waals surface area contributed by atoms with Gasteiger partial charge in [-0.15, -0.1) is 0 Å². The molecule has 2 aromatic heterocycles. The number of ketones is 3. The highest BCUT2D eigenvalue weighted by atomic mass is 33.1. The van der Waals surface area contributed by atoms with Gasteiger partial charge >= 0.3 is 36.9 Å². The number of likely N-dealkylation sites (N-methyl/N-ethyl adjacent to an activating group) is 1. The van der Waals surface area contributed by atoms with Gasteiger partial charge < -0.3 is 82.2 Å². The Morgan fingerprint density at radius 3 is 2.09 bits per heavy atom. The number of nitrogens with one attached hydrogen (secondary N) is 8. The molecule has 15 atom stereocenters. The summed E-state index contributed by atoms with van der Waals surface area (Å²) in [6, 6.07) is 16.9. The second kappa shape index (κ2) is 51.4. The summed E-state index contributed by atoms with van der Waals surface area (Å²) in [4.78, 5) is 229. The van der Waals surface area contributed by atoms with Crippen LogP contribution in [0.3, 0.4) is 0 Å². The number of ether oxygens (including phenoxy) is 3. The van der Waals surface area contributed by atoms with E-state index in [1.165, 1.54) is 40.3 Å². The standard InChI is InChI=1S/C58H82N8O12S2.C25H32N8O4.5CO2/c1-7-54(74)28-37-29-56(33-77-34-67,47-39(16-20-65(31-37)32-54)38-13-9-10-14-42(38)60-47)41-26-40-44(27-46(41)76-6)64(5)50-57(40)18-21-66-19-12-17-55(8-2,49(57)66)51(71)58(50,75)52(72)62-63-53(73)78-22-24-80-79-23-11-15-45(69)43(30-59)61-48(70)35(3)25-36(4)68;1-14(2)30-22(35)15(3)11-19(34)5-4-10-27-23(36)16-6-8-17(9-7-16)28-12-18-13-29-21-20(31-18)24(37)33-25(26)32-21;5*2-1-3/h9-10,12-14,17,26-27,34-35,37,39,43,47,49-51,60,71,74-75H,7-8,11,15-16,18-25,28-33,59H2,1-6H3,(H,61,70)(H,62,72)(H,63,73);6-9,13-15,28H,4-5,10-12H2,1-3H3,(H,27,36)(H,30,35)(H3,26,29,32,33,37);;;;;/t35-,37?,39?,43+,47?,49+,50-,51-,54?,55-,56+,57?,58+;;;;;;/m1....../s1. The number of carbonyl (C=O) groups is 9. The van der Waals surface area contributed by atoms with Crippen LogP contribution in [-0.4, -0.2) is 262 Å². The number of Topliss-reactive ketones (excluding diaryl/α,β-unsaturated/α-hetero) is 3. The predicted octanol–water partition coefficient (Wildman–Crippen LogP) is 2.31. The summed E-state index contributed by atoms with van der Waals surface area (Å²) in [6.45, 7) is 16.9. The van der Waals surface area contributed by atoms with E-state index in [0.29, 0.717) is 125 Å². The van der Waals surface area contributed by atoms with E-state index < -0.39 is 75.0 Å². The highest BCUT2D eigenvalue weighted by Crippen LogP contribution is 2.68. The van der Waals surface area contributed by atoms with Gasteiger partial charge in [0.2, 0.25) is 17.8 Å². The van der Waals surface area contributed by atoms with Gasteiger partial charge in [0.05, 0.1) is 48.6 Å². The smallest absolute Gasteiger partial charge is 0.426 e. The molecule has 8 heterocycles. The van der Waals surface area contributed by atoms with Crippen molar-refractivity contribution in [2.75, 3.05) is 106 Å². The molecular weight excluding hydrogens is 1760 g/mol. The number of aromatic nitrogens is 4. The van der Waals surface area contributed by atoms with Crippen molar-refractivity contribution in [2.24, 2.45) is 28.9 Å². The van der Waals surface area contributed by atoms with E-state index in [1.54, 1.807) is 45.2 Å². The minimum Gasteiger partial charge on any atom is -0.496 e. The van der Waals surface area contributed by atoms with E-state index in [1.807, 2.05) is 63.9 Å². The van der Waals surface area contributed by atoms with Crippen LogP contribution in [-0.2, 0) is 108 Å². The van der Waals surface area contributed by atoms with Crippen molar-refractivity contribution in [3.63, 3.8) is 0 Å². The van der Waals surface area contributed by atoms with Crippen molar-refractivity contribution in [2.45, 2.75) is 196 Å². The molecule has 714 valence electrons. The van der Waals surface area contributed by atoms with Gasteiger partial charge in [-0.3, -0.25) is 53.7 Å². The number of rotatable bonds is 34. The molecular formula is C88H114N16O26S2. The number of nitrogens with zero attached hydrogens (tertiary/aromatic N) is 6. The SMILES string of the molecule is CC(C)NC(=O)C(C)CC(=O)CCCNC(=O)c1ccc(NCc2cnc3nc(N)[nH]c(=O)c3n2)cc1.CCC1(O)CC2CN(CCC3c4ccccc4NC3[C@@](COC=O)(c3cc4c(cc3OC)N(C)[C@@H]3C45CCN4CC=C[C@](CC)([C@H]45)[C@@H](O)[C@]3(O)C(=O)NNC(=O)OCCSSCCCC(=O)[C@H](CN)NC(=O)[C@H](C)CC(C)=O)C2)C1.O=C=O.O=C=O.O=C=O.O=C=O.O=C=O. The number of aliphatic hydroxyl groups excluding tert-OH is 1. The van der Waals surface area contributed by atoms with Crippen LogP contribution in [0.2, 0.25) is 0 Å². The first kappa shape index (κ1) is 108. The summed E-state index contributed by atoms with van der Waals surface area (Å²) in [6.07, 6.45) is 9.28. The van der Waals surface area contributed by atoms with Crippen molar-refractivity contribution in [3.05, 3.63) is 117 Å². The normalized spacial score (nSPS) is 23.8. The number of methoxy groups -OCH3 is 1. The molecule has 132 heavy (non-hydrogen) atoms. The maximum Gasteiger partial charge on any atom is 0.426 e. The monoisotopic (exact) mass is 1870 g/mol. The fourth-order valence-electron chi connectivity index (χ4n) is 19.3. The molecule has 1 saturated carbocycles. The van der Waals surface area contributed by atoms with E-state index in [4.69, 9.17) is 73.6 Å². The van der Waals surface area contributed by atoms with Gasteiger partial charge in [0.15, 0.2) is 22.5 Å². The first-order chi connectivity index (χ1) is 63.0. The molecule has 2 bridgehead atoms. The van der Waals surface area contributed by atoms with Crippen LogP contribution < -0.4 is 64.1 Å². The summed E-state index contributed by atoms with van der Waals surface area (Å²) < 4.78 is 17.9. The molecule has 5 amide bonds. The number of H-pyrrole nitrogens is 1. The van der Waals surface area contributed by atoms with Crippen LogP contribution in [0.25, 0.3) is 11.2 Å². The Hall–Kier alpha value is -12.4. The van der Waals surface area contributed by atoms with Crippen molar-refractivity contribution < 1.29 is 121 Å². The lowest BCUT2D eigenvalue weighted by molar-refractivity contribution is -0.204. The molecule has 0 radical (unpaired) electrons. The van der Waals surface area contributed by atoms with Crippen molar-refractivity contribution in [1.82, 2.24) is 56.5 Å². The number of piperidine rings is 1. The van der Waals surface area contributed by atoms with Gasteiger partial charge in [-0.25, -0.2) is 20.2 Å². The number of para-hydroxylation sites is 1. The highest BCUT2D eigenvalue weighted by Gasteiger charge is 2.79. The van der Waals surface area contributed by atoms with Gasteiger partial charge in [0.25, 0.3) is 23.8 Å². The molecule has 1 spiro atoms. The molecule has 44 heteroatoms. The number of nitrogen functional groups attached to an aromatic ring is 1. The summed E-state index contributed by atoms with van der Waals surface area (Å²) in [5.74, 6) is -1.54. The zero-order chi connectivity index (χ0) is 97.8. The summed E-state index contributed by atoms with van der Waals surface area (Å²) in [5, 5.41) is 53.9. The molecule has 7 aliphatic rings. The zero-order valence-corrected chi connectivity index (χ0v) is 76.3. The average molecular weight is 1880 g/mol. The van der Waals surface area contributed by atoms with Crippen molar-refractivity contribution in [1.29, 1.82) is 0 Å². The Morgan fingerprint density at radius 1 is 0.795 bits per heavy atom. The minimum atomic E-state index is -2.53. The van der Waals surface area contributed by atoms with Gasteiger partial charge in [0, 0.05) is 158 Å². The molecule has 7 unspecified atom stereocenters. The summed E-state index contributed by atoms with van der Waals surface area (Å²) in [7, 11) is 6.36. The molecule has 5 aromatic rings. The molecule has 3 aromatic carbocycles. The highest BCUT2D eigenvalue weighted by molar-refractivity contribution is 8.76. The second-order valence-corrected chi connectivity index (χ2v) is 35.9. The van der Waals surface area contributed by atoms with E-state index in [-0.39, 0.29) is 152 Å². The zero-order valence-electron chi connectivity index (χ0n) is 74.7. The molecule has 6 aliphatic heterocycles. The van der Waals surface area contributed by atoms with Crippen LogP contribution >= 0.6 is 21.6 Å². The third-order valence-corrected chi connectivity index (χ3v) is 27.0. The van der Waals surface area contributed by atoms with Gasteiger partial charge in [-0.1, -0.05) is 79.6 Å². The number of nitrogens with two attached hydrogens (primary N) is 2. The number of fused-ring (bicyclic) bond motifs is 7. The van der Waals surface area contributed by atoms with Crippen LogP contribution in [0, 0.1) is 23.2 Å². The maximum atomic E-state index is 15.1. The predicted molar refractivity (Wildman–Crippen MR) is 471 cm³/mol. The maximum absolute atomic E-state index is 15.1. The van der Waals surface area contributed by atoms with Crippen molar-refractivity contribution >= 4 is 140 Å². The van der Waals surface area contributed by atoms with E-state index in [0.717, 1.165) is 42.0 Å². The summed E-state index contributed by atoms with van der Waals surface area (Å²) in [5.41, 5.74) is 15.8. The van der Waals surface area contributed by atoms with Crippen LogP contribution in [0.1, 0.15) is 164 Å². The van der Waals surface area contributed by atoms with Crippen molar-refractivity contribution in [3.8, 4) is 5.75 Å². The Kier molecular flexibility index (Phi) is 42.2.